The molecule has 2 aliphatic rings. The molecule has 0 saturated carbocycles. The number of carbonyl (C=O) groups is 4. The molecule has 1 aliphatic heterocycles. The predicted octanol–water partition coefficient (Wildman–Crippen LogP) is 4.80. The number of ketones is 1. The van der Waals surface area contributed by atoms with Crippen LogP contribution >= 0.6 is 0 Å². The second kappa shape index (κ2) is 15.4. The summed E-state index contributed by atoms with van der Waals surface area (Å²) < 4.78 is 20.8. The largest absolute Gasteiger partial charge is 0.506 e. The molecule has 12 nitrogen and oxygen atoms in total. The van der Waals surface area contributed by atoms with Crippen molar-refractivity contribution >= 4 is 40.6 Å². The number of benzene rings is 2. The number of methoxy groups -OCH3 is 2. The molecule has 0 saturated heterocycles. The molecule has 1 N–H and O–H groups in total. The number of Topliss-reactive ketones (excluding diaryl/α,β-unsaturated/α-hetero) is 1. The number of unbranched alkanes of at least 4 members (excludes halogenated alkanes) is 2. The van der Waals surface area contributed by atoms with Crippen LogP contribution in [0, 0.1) is 6.92 Å². The van der Waals surface area contributed by atoms with Crippen LogP contribution in [0.2, 0.25) is 0 Å². The maximum atomic E-state index is 13.5. The van der Waals surface area contributed by atoms with Crippen LogP contribution in [0.15, 0.2) is 58.4 Å². The number of hydrazone groups is 1. The first-order valence-electron chi connectivity index (χ1n) is 15.6. The standard InChI is InChI=1S/C35H41N3O9/c1-7-9-15-38(16-10-8-2)22-11-13-24(21(3)19-22)27-31(39)29(32(27)40)28-30(36-37(4)33(28)41)35(43)47-18-17-46-34(42)25-20-23(44-5)12-14-26(25)45-6/h11-14,19-20,39H,7-10,15-18H2,1-6H3. The van der Waals surface area contributed by atoms with Gasteiger partial charge < -0.3 is 29.0 Å². The number of amides is 1. The van der Waals surface area contributed by atoms with Crippen molar-refractivity contribution in [1.29, 1.82) is 0 Å². The lowest BCUT2D eigenvalue weighted by Gasteiger charge is -2.27. The highest BCUT2D eigenvalue weighted by atomic mass is 16.6. The number of hydrogen-bond acceptors (Lipinski definition) is 11. The number of ether oxygens (including phenoxy) is 4. The van der Waals surface area contributed by atoms with E-state index >= 15 is 0 Å². The van der Waals surface area contributed by atoms with Crippen molar-refractivity contribution in [2.75, 3.05) is 52.5 Å². The first-order valence-corrected chi connectivity index (χ1v) is 15.6. The Morgan fingerprint density at radius 3 is 2.11 bits per heavy atom. The van der Waals surface area contributed by atoms with Gasteiger partial charge in [-0.1, -0.05) is 32.8 Å². The maximum Gasteiger partial charge on any atom is 0.359 e. The fourth-order valence-electron chi connectivity index (χ4n) is 5.34. The molecule has 2 aromatic carbocycles. The molecular formula is C35H41N3O9. The van der Waals surface area contributed by atoms with Gasteiger partial charge in [0.05, 0.1) is 30.9 Å². The molecule has 0 unspecified atom stereocenters. The second-order valence-corrected chi connectivity index (χ2v) is 11.1. The van der Waals surface area contributed by atoms with E-state index in [1.807, 2.05) is 19.1 Å². The lowest BCUT2D eigenvalue weighted by molar-refractivity contribution is -0.136. The lowest BCUT2D eigenvalue weighted by atomic mass is 9.78. The second-order valence-electron chi connectivity index (χ2n) is 11.1. The van der Waals surface area contributed by atoms with Gasteiger partial charge in [-0.15, -0.1) is 0 Å². The molecule has 2 aromatic rings. The van der Waals surface area contributed by atoms with E-state index in [1.54, 1.807) is 18.2 Å². The minimum absolute atomic E-state index is 0.0696. The van der Waals surface area contributed by atoms with E-state index in [1.165, 1.54) is 27.3 Å². The van der Waals surface area contributed by atoms with E-state index in [2.05, 4.69) is 23.8 Å². The molecule has 0 atom stereocenters. The van der Waals surface area contributed by atoms with Gasteiger partial charge in [-0.05, 0) is 61.2 Å². The average molecular weight is 648 g/mol. The first-order chi connectivity index (χ1) is 22.6. The molecule has 250 valence electrons. The number of anilines is 1. The van der Waals surface area contributed by atoms with Gasteiger partial charge in [0.1, 0.15) is 36.0 Å². The van der Waals surface area contributed by atoms with E-state index < -0.39 is 29.3 Å². The number of esters is 2. The van der Waals surface area contributed by atoms with Gasteiger partial charge in [0.15, 0.2) is 5.71 Å². The summed E-state index contributed by atoms with van der Waals surface area (Å²) in [6, 6.07) is 10.4. The van der Waals surface area contributed by atoms with Gasteiger partial charge in [-0.25, -0.2) is 14.6 Å². The Kier molecular flexibility index (Phi) is 11.4. The van der Waals surface area contributed by atoms with Crippen molar-refractivity contribution in [2.24, 2.45) is 5.10 Å². The third-order valence-electron chi connectivity index (χ3n) is 7.95. The Morgan fingerprint density at radius 1 is 0.872 bits per heavy atom. The molecule has 1 aliphatic carbocycles. The summed E-state index contributed by atoms with van der Waals surface area (Å²) in [6.45, 7) is 7.33. The molecule has 4 rings (SSSR count). The number of aryl methyl sites for hydroxylation is 1. The Hall–Kier alpha value is -5.13. The van der Waals surface area contributed by atoms with Crippen molar-refractivity contribution < 1.29 is 43.2 Å². The zero-order valence-corrected chi connectivity index (χ0v) is 27.7. The van der Waals surface area contributed by atoms with Gasteiger partial charge in [-0.3, -0.25) is 9.59 Å². The molecule has 0 aromatic heterocycles. The highest BCUT2D eigenvalue weighted by Gasteiger charge is 2.45. The molecule has 0 bridgehead atoms. The third kappa shape index (κ3) is 7.32. The summed E-state index contributed by atoms with van der Waals surface area (Å²) in [5.74, 6) is -2.75. The van der Waals surface area contributed by atoms with Crippen LogP contribution < -0.4 is 14.4 Å². The monoisotopic (exact) mass is 647 g/mol. The maximum absolute atomic E-state index is 13.5. The van der Waals surface area contributed by atoms with Crippen LogP contribution in [-0.4, -0.2) is 87.0 Å². The van der Waals surface area contributed by atoms with Crippen molar-refractivity contribution in [3.8, 4) is 11.5 Å². The zero-order valence-electron chi connectivity index (χ0n) is 27.7. The number of likely N-dealkylation sites (N-methyl/N-ethyl adjacent to an activating group) is 1. The number of aliphatic hydroxyl groups excluding tert-OH is 1. The van der Waals surface area contributed by atoms with Gasteiger partial charge in [-0.2, -0.15) is 5.10 Å². The molecule has 1 amide bonds. The minimum Gasteiger partial charge on any atom is -0.506 e. The van der Waals surface area contributed by atoms with E-state index in [-0.39, 0.29) is 47.0 Å². The molecule has 0 spiro atoms. The molecule has 47 heavy (non-hydrogen) atoms. The zero-order chi connectivity index (χ0) is 34.2. The fraction of sp³-hybridized carbons (Fsp3) is 0.400. The van der Waals surface area contributed by atoms with Crippen molar-refractivity contribution in [3.63, 3.8) is 0 Å². The molecular weight excluding hydrogens is 606 g/mol. The van der Waals surface area contributed by atoms with Crippen molar-refractivity contribution in [3.05, 3.63) is 70.0 Å². The minimum atomic E-state index is -1.02. The van der Waals surface area contributed by atoms with E-state index in [9.17, 15) is 24.3 Å². The summed E-state index contributed by atoms with van der Waals surface area (Å²) in [7, 11) is 4.18. The van der Waals surface area contributed by atoms with Crippen molar-refractivity contribution in [1.82, 2.24) is 5.01 Å². The fourth-order valence-corrected chi connectivity index (χ4v) is 5.34. The van der Waals surface area contributed by atoms with E-state index in [0.717, 1.165) is 55.0 Å². The predicted molar refractivity (Wildman–Crippen MR) is 176 cm³/mol. The molecule has 12 heteroatoms. The lowest BCUT2D eigenvalue weighted by Crippen LogP contribution is -2.31. The highest BCUT2D eigenvalue weighted by molar-refractivity contribution is 6.55. The molecule has 0 fully saturated rings. The molecule has 0 radical (unpaired) electrons. The highest BCUT2D eigenvalue weighted by Crippen LogP contribution is 2.41. The van der Waals surface area contributed by atoms with Gasteiger partial charge in [0.25, 0.3) is 5.91 Å². The summed E-state index contributed by atoms with van der Waals surface area (Å²) in [4.78, 5) is 54.4. The number of rotatable bonds is 15. The van der Waals surface area contributed by atoms with Crippen LogP contribution in [0.5, 0.6) is 11.5 Å². The number of allylic oxidation sites excluding steroid dienone is 2. The van der Waals surface area contributed by atoms with Gasteiger partial charge >= 0.3 is 11.9 Å². The summed E-state index contributed by atoms with van der Waals surface area (Å²) in [5.41, 5.74) is 1.50. The van der Waals surface area contributed by atoms with E-state index in [0.29, 0.717) is 11.3 Å². The summed E-state index contributed by atoms with van der Waals surface area (Å²) in [6.07, 6.45) is 4.27. The summed E-state index contributed by atoms with van der Waals surface area (Å²) >= 11 is 0. The smallest absolute Gasteiger partial charge is 0.359 e. The third-order valence-corrected chi connectivity index (χ3v) is 7.95. The Morgan fingerprint density at radius 2 is 1.53 bits per heavy atom. The Balaban J connectivity index is 1.49. The van der Waals surface area contributed by atoms with Gasteiger partial charge in [0.2, 0.25) is 5.78 Å². The van der Waals surface area contributed by atoms with Crippen LogP contribution in [0.25, 0.3) is 5.57 Å². The quantitative estimate of drug-likeness (QED) is 0.163. The van der Waals surface area contributed by atoms with E-state index in [4.69, 9.17) is 18.9 Å². The Labute approximate surface area is 274 Å². The normalized spacial score (nSPS) is 15.8. The SMILES string of the molecule is CCCCN(CCCC)c1ccc(C2=C(O)C(=C3C(=O)N(C)N=C3C(=O)OCCOC(=O)c3cc(OC)ccc3OC)C2=O)c(C)c1. The molecule has 1 heterocycles. The first kappa shape index (κ1) is 34.7. The topological polar surface area (TPSA) is 144 Å². The number of aliphatic hydroxyl groups is 1. The van der Waals surface area contributed by atoms with Gasteiger partial charge in [0, 0.05) is 25.8 Å². The van der Waals surface area contributed by atoms with Crippen LogP contribution in [-0.2, 0) is 23.9 Å². The van der Waals surface area contributed by atoms with Crippen LogP contribution in [0.4, 0.5) is 5.69 Å². The van der Waals surface area contributed by atoms with Crippen LogP contribution in [0.1, 0.15) is 61.0 Å². The Bertz CT molecular complexity index is 1650. The summed E-state index contributed by atoms with van der Waals surface area (Å²) in [5, 5.41) is 15.9. The van der Waals surface area contributed by atoms with Crippen molar-refractivity contribution in [2.45, 2.75) is 46.5 Å². The number of nitrogens with zero attached hydrogens (tertiary/aromatic N) is 3. The number of carbonyl (C=O) groups excluding carboxylic acids is 4. The number of hydrogen-bond donors (Lipinski definition) is 1. The van der Waals surface area contributed by atoms with Crippen LogP contribution in [0.3, 0.4) is 0 Å². The average Bonchev–Trinajstić information content (AvgIpc) is 3.36.